The van der Waals surface area contributed by atoms with Gasteiger partial charge in [-0.05, 0) is 49.1 Å². The van der Waals surface area contributed by atoms with Crippen molar-refractivity contribution < 1.29 is 14.3 Å². The monoisotopic (exact) mass is 372 g/mol. The van der Waals surface area contributed by atoms with E-state index in [-0.39, 0.29) is 11.8 Å². The predicted molar refractivity (Wildman–Crippen MR) is 101 cm³/mol. The zero-order chi connectivity index (χ0) is 18.6. The van der Waals surface area contributed by atoms with Gasteiger partial charge in [0.25, 0.3) is 0 Å². The van der Waals surface area contributed by atoms with Crippen molar-refractivity contribution in [1.82, 2.24) is 5.32 Å². The number of methoxy groups -OCH3 is 1. The van der Waals surface area contributed by atoms with Crippen molar-refractivity contribution >= 4 is 29.1 Å². The van der Waals surface area contributed by atoms with Gasteiger partial charge in [0.05, 0.1) is 7.11 Å². The van der Waals surface area contributed by atoms with Crippen LogP contribution in [0.1, 0.15) is 18.4 Å². The highest BCUT2D eigenvalue weighted by Gasteiger charge is 2.56. The van der Waals surface area contributed by atoms with Crippen LogP contribution in [-0.2, 0) is 16.0 Å². The molecule has 0 saturated heterocycles. The molecule has 1 aliphatic rings. The maximum absolute atomic E-state index is 12.6. The van der Waals surface area contributed by atoms with Crippen LogP contribution in [0, 0.1) is 5.41 Å². The summed E-state index contributed by atoms with van der Waals surface area (Å²) in [7, 11) is 1.57. The smallest absolute Gasteiger partial charge is 0.240 e. The summed E-state index contributed by atoms with van der Waals surface area (Å²) in [5, 5.41) is 6.37. The van der Waals surface area contributed by atoms with E-state index in [0.717, 1.165) is 5.56 Å². The number of ether oxygens (including phenoxy) is 1. The predicted octanol–water partition coefficient (Wildman–Crippen LogP) is 3.43. The van der Waals surface area contributed by atoms with E-state index in [2.05, 4.69) is 10.6 Å². The molecular weight excluding hydrogens is 352 g/mol. The van der Waals surface area contributed by atoms with Gasteiger partial charge in [0.2, 0.25) is 11.8 Å². The minimum Gasteiger partial charge on any atom is -0.497 e. The number of amides is 2. The molecule has 0 spiro atoms. The summed E-state index contributed by atoms with van der Waals surface area (Å²) in [6, 6.07) is 14.6. The minimum absolute atomic E-state index is 0.222. The van der Waals surface area contributed by atoms with Gasteiger partial charge in [-0.15, -0.1) is 0 Å². The molecule has 2 N–H and O–H groups in total. The summed E-state index contributed by atoms with van der Waals surface area (Å²) in [5.74, 6) is 0.157. The molecule has 3 rings (SSSR count). The molecule has 0 heterocycles. The molecule has 0 aliphatic heterocycles. The number of carbonyl (C=O) groups excluding carboxylic acids is 2. The summed E-state index contributed by atoms with van der Waals surface area (Å²) >= 11 is 5.96. The molecule has 136 valence electrons. The Labute approximate surface area is 157 Å². The van der Waals surface area contributed by atoms with Gasteiger partial charge in [-0.25, -0.2) is 0 Å². The number of carbonyl (C=O) groups is 2. The Kier molecular flexibility index (Phi) is 5.47. The van der Waals surface area contributed by atoms with E-state index in [1.54, 1.807) is 31.4 Å². The minimum atomic E-state index is -0.961. The lowest BCUT2D eigenvalue weighted by Gasteiger charge is -2.16. The van der Waals surface area contributed by atoms with Gasteiger partial charge in [0, 0.05) is 23.3 Å². The van der Waals surface area contributed by atoms with Crippen molar-refractivity contribution in [1.29, 1.82) is 0 Å². The molecule has 6 heteroatoms. The van der Waals surface area contributed by atoms with E-state index in [9.17, 15) is 9.59 Å². The van der Waals surface area contributed by atoms with Gasteiger partial charge >= 0.3 is 0 Å². The number of benzene rings is 2. The van der Waals surface area contributed by atoms with Gasteiger partial charge in [-0.1, -0.05) is 29.8 Å². The molecule has 5 nitrogen and oxygen atoms in total. The Balaban J connectivity index is 1.55. The highest BCUT2D eigenvalue weighted by molar-refractivity contribution is 6.30. The second-order valence-corrected chi connectivity index (χ2v) is 6.84. The Morgan fingerprint density at radius 1 is 1.12 bits per heavy atom. The standard InChI is InChI=1S/C20H21ClN2O3/c1-26-17-7-3-6-16(13-17)23-19(25)20(9-10-20)18(24)22-11-8-14-4-2-5-15(21)12-14/h2-7,12-13H,8-11H2,1H3,(H,22,24)(H,23,25). The first-order valence-corrected chi connectivity index (χ1v) is 8.89. The second-order valence-electron chi connectivity index (χ2n) is 6.40. The number of anilines is 1. The lowest BCUT2D eigenvalue weighted by molar-refractivity contribution is -0.134. The van der Waals surface area contributed by atoms with Crippen LogP contribution < -0.4 is 15.4 Å². The molecule has 0 aromatic heterocycles. The molecular formula is C20H21ClN2O3. The number of nitrogens with one attached hydrogen (secondary N) is 2. The summed E-state index contributed by atoms with van der Waals surface area (Å²) in [5.41, 5.74) is 0.702. The number of hydrogen-bond donors (Lipinski definition) is 2. The third-order valence-electron chi connectivity index (χ3n) is 4.54. The zero-order valence-corrected chi connectivity index (χ0v) is 15.3. The van der Waals surface area contributed by atoms with Gasteiger partial charge in [0.15, 0.2) is 0 Å². The van der Waals surface area contributed by atoms with Crippen LogP contribution in [0.15, 0.2) is 48.5 Å². The number of hydrogen-bond acceptors (Lipinski definition) is 3. The van der Waals surface area contributed by atoms with Crippen LogP contribution in [-0.4, -0.2) is 25.5 Å². The number of rotatable bonds is 7. The van der Waals surface area contributed by atoms with Crippen LogP contribution in [0.5, 0.6) is 5.75 Å². The van der Waals surface area contributed by atoms with Crippen LogP contribution in [0.3, 0.4) is 0 Å². The normalized spacial score (nSPS) is 14.4. The molecule has 2 aromatic carbocycles. The van der Waals surface area contributed by atoms with Crippen LogP contribution in [0.25, 0.3) is 0 Å². The fourth-order valence-corrected chi connectivity index (χ4v) is 3.03. The molecule has 0 bridgehead atoms. The summed E-state index contributed by atoms with van der Waals surface area (Å²) in [6.07, 6.45) is 1.79. The van der Waals surface area contributed by atoms with Gasteiger partial charge in [0.1, 0.15) is 11.2 Å². The molecule has 0 unspecified atom stereocenters. The van der Waals surface area contributed by atoms with Gasteiger partial charge in [-0.2, -0.15) is 0 Å². The SMILES string of the molecule is COc1cccc(NC(=O)C2(C(=O)NCCc3cccc(Cl)c3)CC2)c1. The van der Waals surface area contributed by atoms with Crippen LogP contribution in [0.2, 0.25) is 5.02 Å². The van der Waals surface area contributed by atoms with E-state index in [4.69, 9.17) is 16.3 Å². The molecule has 2 aromatic rings. The van der Waals surface area contributed by atoms with Crippen molar-refractivity contribution in [2.75, 3.05) is 19.0 Å². The maximum atomic E-state index is 12.6. The third kappa shape index (κ3) is 4.17. The summed E-state index contributed by atoms with van der Waals surface area (Å²) in [6.45, 7) is 0.466. The highest BCUT2D eigenvalue weighted by atomic mass is 35.5. The first-order chi connectivity index (χ1) is 12.5. The lowest BCUT2D eigenvalue weighted by Crippen LogP contribution is -2.40. The molecule has 1 aliphatic carbocycles. The fraction of sp³-hybridized carbons (Fsp3) is 0.300. The first kappa shape index (κ1) is 18.3. The van der Waals surface area contributed by atoms with Crippen molar-refractivity contribution in [3.8, 4) is 5.75 Å². The average Bonchev–Trinajstić information content (AvgIpc) is 3.44. The van der Waals surface area contributed by atoms with E-state index in [1.807, 2.05) is 24.3 Å². The maximum Gasteiger partial charge on any atom is 0.240 e. The van der Waals surface area contributed by atoms with Crippen molar-refractivity contribution in [2.45, 2.75) is 19.3 Å². The zero-order valence-electron chi connectivity index (χ0n) is 14.5. The summed E-state index contributed by atoms with van der Waals surface area (Å²) in [4.78, 5) is 25.1. The molecule has 26 heavy (non-hydrogen) atoms. The quantitative estimate of drug-likeness (QED) is 0.732. The van der Waals surface area contributed by atoms with E-state index < -0.39 is 5.41 Å². The van der Waals surface area contributed by atoms with Crippen LogP contribution in [0.4, 0.5) is 5.69 Å². The van der Waals surface area contributed by atoms with E-state index >= 15 is 0 Å². The van der Waals surface area contributed by atoms with Gasteiger partial charge in [-0.3, -0.25) is 9.59 Å². The molecule has 2 amide bonds. The largest absolute Gasteiger partial charge is 0.497 e. The highest BCUT2D eigenvalue weighted by Crippen LogP contribution is 2.46. The van der Waals surface area contributed by atoms with Crippen molar-refractivity contribution in [3.05, 3.63) is 59.1 Å². The van der Waals surface area contributed by atoms with Gasteiger partial charge < -0.3 is 15.4 Å². The fourth-order valence-electron chi connectivity index (χ4n) is 2.82. The molecule has 1 fully saturated rings. The molecule has 1 saturated carbocycles. The Morgan fingerprint density at radius 3 is 2.58 bits per heavy atom. The van der Waals surface area contributed by atoms with E-state index in [0.29, 0.717) is 42.3 Å². The third-order valence-corrected chi connectivity index (χ3v) is 4.77. The van der Waals surface area contributed by atoms with Crippen LogP contribution >= 0.6 is 11.6 Å². The number of halogens is 1. The first-order valence-electron chi connectivity index (χ1n) is 8.52. The molecule has 0 atom stereocenters. The lowest BCUT2D eigenvalue weighted by atomic mass is 10.0. The Hall–Kier alpha value is -2.53. The Morgan fingerprint density at radius 2 is 1.88 bits per heavy atom. The summed E-state index contributed by atoms with van der Waals surface area (Å²) < 4.78 is 5.15. The average molecular weight is 373 g/mol. The van der Waals surface area contributed by atoms with E-state index in [1.165, 1.54) is 0 Å². The molecule has 0 radical (unpaired) electrons. The Bertz CT molecular complexity index is 818. The van der Waals surface area contributed by atoms with Crippen molar-refractivity contribution in [2.24, 2.45) is 5.41 Å². The topological polar surface area (TPSA) is 67.4 Å². The van der Waals surface area contributed by atoms with Crippen molar-refractivity contribution in [3.63, 3.8) is 0 Å². The second kappa shape index (κ2) is 7.79.